The fourth-order valence-corrected chi connectivity index (χ4v) is 3.72. The molecule has 0 spiro atoms. The highest BCUT2D eigenvalue weighted by Crippen LogP contribution is 2.26. The molecule has 0 aliphatic heterocycles. The molecular weight excluding hydrogens is 412 g/mol. The highest BCUT2D eigenvalue weighted by molar-refractivity contribution is 6.00. The number of hydrogen-bond acceptors (Lipinski definition) is 4. The number of aryl methyl sites for hydroxylation is 1. The Balaban J connectivity index is 1.46. The molecule has 7 heteroatoms. The van der Waals surface area contributed by atoms with Crippen LogP contribution in [0.15, 0.2) is 97.5 Å². The summed E-state index contributed by atoms with van der Waals surface area (Å²) in [6.45, 7) is 2.25. The van der Waals surface area contributed by atoms with E-state index in [1.54, 1.807) is 15.6 Å². The van der Waals surface area contributed by atoms with E-state index in [4.69, 9.17) is 5.10 Å². The van der Waals surface area contributed by atoms with Gasteiger partial charge in [0.25, 0.3) is 5.91 Å². The highest BCUT2D eigenvalue weighted by Gasteiger charge is 2.20. The van der Waals surface area contributed by atoms with Crippen molar-refractivity contribution in [3.8, 4) is 22.6 Å². The van der Waals surface area contributed by atoms with Gasteiger partial charge in [-0.1, -0.05) is 60.7 Å². The third-order valence-electron chi connectivity index (χ3n) is 5.41. The summed E-state index contributed by atoms with van der Waals surface area (Å²) in [5.41, 5.74) is 4.88. The smallest absolute Gasteiger partial charge is 0.255 e. The van der Waals surface area contributed by atoms with E-state index in [2.05, 4.69) is 15.4 Å². The third-order valence-corrected chi connectivity index (χ3v) is 5.41. The summed E-state index contributed by atoms with van der Waals surface area (Å²) in [7, 11) is 0. The van der Waals surface area contributed by atoms with E-state index in [1.807, 2.05) is 91.9 Å². The van der Waals surface area contributed by atoms with Crippen LogP contribution in [-0.2, 0) is 6.54 Å². The van der Waals surface area contributed by atoms with Crippen LogP contribution in [0.5, 0.6) is 0 Å². The Bertz CT molecular complexity index is 1390. The van der Waals surface area contributed by atoms with Gasteiger partial charge in [-0.25, -0.2) is 14.3 Å². The van der Waals surface area contributed by atoms with Crippen molar-refractivity contribution in [3.05, 3.63) is 114 Å². The summed E-state index contributed by atoms with van der Waals surface area (Å²) in [5.74, 6) is 0.417. The maximum absolute atomic E-state index is 13.3. The molecule has 0 aliphatic carbocycles. The molecule has 7 nitrogen and oxygen atoms in total. The maximum Gasteiger partial charge on any atom is 0.255 e. The van der Waals surface area contributed by atoms with Crippen LogP contribution in [0.1, 0.15) is 21.7 Å². The van der Waals surface area contributed by atoms with Crippen LogP contribution in [0.3, 0.4) is 0 Å². The second-order valence-electron chi connectivity index (χ2n) is 7.59. The van der Waals surface area contributed by atoms with Gasteiger partial charge >= 0.3 is 0 Å². The van der Waals surface area contributed by atoms with Crippen molar-refractivity contribution in [2.45, 2.75) is 13.5 Å². The quantitative estimate of drug-likeness (QED) is 0.431. The van der Waals surface area contributed by atoms with Crippen molar-refractivity contribution in [3.63, 3.8) is 0 Å². The van der Waals surface area contributed by atoms with Gasteiger partial charge in [0, 0.05) is 11.8 Å². The third kappa shape index (κ3) is 4.16. The highest BCUT2D eigenvalue weighted by atomic mass is 16.1. The number of aromatic nitrogens is 5. The van der Waals surface area contributed by atoms with Crippen LogP contribution >= 0.6 is 0 Å². The first-order chi connectivity index (χ1) is 16.2. The Labute approximate surface area is 191 Å². The molecular formula is C26H22N6O. The summed E-state index contributed by atoms with van der Waals surface area (Å²) in [4.78, 5) is 17.6. The average molecular weight is 435 g/mol. The number of nitrogens with one attached hydrogen (secondary N) is 1. The van der Waals surface area contributed by atoms with Crippen molar-refractivity contribution < 1.29 is 4.79 Å². The first kappa shape index (κ1) is 20.4. The first-order valence-corrected chi connectivity index (χ1v) is 10.6. The van der Waals surface area contributed by atoms with Gasteiger partial charge in [-0.2, -0.15) is 10.2 Å². The Kier molecular flexibility index (Phi) is 5.51. The van der Waals surface area contributed by atoms with Gasteiger partial charge in [0.1, 0.15) is 12.0 Å². The summed E-state index contributed by atoms with van der Waals surface area (Å²) in [6.07, 6.45) is 3.26. The van der Waals surface area contributed by atoms with Crippen molar-refractivity contribution >= 4 is 5.91 Å². The molecule has 3 aromatic carbocycles. The van der Waals surface area contributed by atoms with Gasteiger partial charge in [-0.3, -0.25) is 4.79 Å². The van der Waals surface area contributed by atoms with E-state index in [1.165, 1.54) is 6.33 Å². The van der Waals surface area contributed by atoms with Gasteiger partial charge in [0.2, 0.25) is 0 Å². The molecule has 5 rings (SSSR count). The van der Waals surface area contributed by atoms with E-state index in [9.17, 15) is 4.79 Å². The lowest BCUT2D eigenvalue weighted by atomic mass is 10.0. The number of carbonyl (C=O) groups excluding carboxylic acids is 1. The number of nitrogens with zero attached hydrogens (tertiary/aromatic N) is 5. The van der Waals surface area contributed by atoms with Gasteiger partial charge in [-0.15, -0.1) is 0 Å². The van der Waals surface area contributed by atoms with E-state index in [0.29, 0.717) is 17.1 Å². The standard InChI is InChI=1S/C26H22N6O/c1-19-10-8-9-15-22(19)25-23(17-31(30-25)20-11-4-2-5-12-20)26(33)27-16-24-28-18-29-32(24)21-13-6-3-7-14-21/h2-15,17-18H,16H2,1H3,(H,27,33). The minimum atomic E-state index is -0.224. The summed E-state index contributed by atoms with van der Waals surface area (Å²) in [6, 6.07) is 27.4. The predicted octanol–water partition coefficient (Wildman–Crippen LogP) is 4.36. The van der Waals surface area contributed by atoms with E-state index in [-0.39, 0.29) is 12.5 Å². The lowest BCUT2D eigenvalue weighted by Crippen LogP contribution is -2.25. The zero-order chi connectivity index (χ0) is 22.6. The minimum Gasteiger partial charge on any atom is -0.345 e. The Morgan fingerprint density at radius 1 is 0.879 bits per heavy atom. The molecule has 2 aromatic heterocycles. The largest absolute Gasteiger partial charge is 0.345 e. The second-order valence-corrected chi connectivity index (χ2v) is 7.59. The monoisotopic (exact) mass is 434 g/mol. The summed E-state index contributed by atoms with van der Waals surface area (Å²) in [5, 5.41) is 12.1. The molecule has 1 amide bonds. The number of benzene rings is 3. The molecule has 0 bridgehead atoms. The zero-order valence-electron chi connectivity index (χ0n) is 18.1. The van der Waals surface area contributed by atoms with Gasteiger partial charge in [0.05, 0.1) is 23.5 Å². The first-order valence-electron chi connectivity index (χ1n) is 10.6. The molecule has 0 aliphatic rings. The van der Waals surface area contributed by atoms with Gasteiger partial charge in [0.15, 0.2) is 5.82 Å². The summed E-state index contributed by atoms with van der Waals surface area (Å²) >= 11 is 0. The SMILES string of the molecule is Cc1ccccc1-c1nn(-c2ccccc2)cc1C(=O)NCc1ncnn1-c1ccccc1. The van der Waals surface area contributed by atoms with E-state index < -0.39 is 0 Å². The normalized spacial score (nSPS) is 10.8. The molecule has 0 unspecified atom stereocenters. The molecule has 5 aromatic rings. The van der Waals surface area contributed by atoms with Crippen LogP contribution in [0, 0.1) is 6.92 Å². The van der Waals surface area contributed by atoms with Crippen molar-refractivity contribution in [2.75, 3.05) is 0 Å². The van der Waals surface area contributed by atoms with Crippen molar-refractivity contribution in [1.82, 2.24) is 29.9 Å². The van der Waals surface area contributed by atoms with Crippen LogP contribution in [-0.4, -0.2) is 30.5 Å². The van der Waals surface area contributed by atoms with Gasteiger partial charge in [-0.05, 0) is 36.8 Å². The topological polar surface area (TPSA) is 77.6 Å². The molecule has 33 heavy (non-hydrogen) atoms. The molecule has 0 fully saturated rings. The average Bonchev–Trinajstić information content (AvgIpc) is 3.52. The predicted molar refractivity (Wildman–Crippen MR) is 126 cm³/mol. The van der Waals surface area contributed by atoms with Crippen LogP contribution in [0.2, 0.25) is 0 Å². The lowest BCUT2D eigenvalue weighted by Gasteiger charge is -2.08. The number of carbonyl (C=O) groups is 1. The Hall–Kier alpha value is -4.52. The van der Waals surface area contributed by atoms with E-state index in [0.717, 1.165) is 22.5 Å². The van der Waals surface area contributed by atoms with E-state index >= 15 is 0 Å². The fraction of sp³-hybridized carbons (Fsp3) is 0.0769. The zero-order valence-corrected chi connectivity index (χ0v) is 18.1. The lowest BCUT2D eigenvalue weighted by molar-refractivity contribution is 0.0950. The number of hydrogen-bond donors (Lipinski definition) is 1. The molecule has 2 heterocycles. The van der Waals surface area contributed by atoms with Crippen LogP contribution < -0.4 is 5.32 Å². The van der Waals surface area contributed by atoms with Crippen LogP contribution in [0.25, 0.3) is 22.6 Å². The minimum absolute atomic E-state index is 0.224. The maximum atomic E-state index is 13.3. The molecule has 0 atom stereocenters. The molecule has 0 saturated heterocycles. The number of rotatable bonds is 6. The Morgan fingerprint density at radius 2 is 1.55 bits per heavy atom. The molecule has 1 N–H and O–H groups in total. The fourth-order valence-electron chi connectivity index (χ4n) is 3.72. The second kappa shape index (κ2) is 8.92. The summed E-state index contributed by atoms with van der Waals surface area (Å²) < 4.78 is 3.46. The molecule has 162 valence electrons. The number of amides is 1. The molecule has 0 radical (unpaired) electrons. The Morgan fingerprint density at radius 3 is 2.27 bits per heavy atom. The van der Waals surface area contributed by atoms with Crippen molar-refractivity contribution in [2.24, 2.45) is 0 Å². The molecule has 0 saturated carbocycles. The number of para-hydroxylation sites is 2. The van der Waals surface area contributed by atoms with Crippen LogP contribution in [0.4, 0.5) is 0 Å². The van der Waals surface area contributed by atoms with Crippen molar-refractivity contribution in [1.29, 1.82) is 0 Å². The van der Waals surface area contributed by atoms with Gasteiger partial charge < -0.3 is 5.32 Å².